The highest BCUT2D eigenvalue weighted by Gasteiger charge is 2.38. The zero-order chi connectivity index (χ0) is 34.9. The molecule has 1 nitrogen and oxygen atoms in total. The highest BCUT2D eigenvalue weighted by atomic mass is 16.3. The first-order chi connectivity index (χ1) is 24.1. The van der Waals surface area contributed by atoms with Crippen molar-refractivity contribution in [3.05, 3.63) is 143 Å². The second kappa shape index (κ2) is 12.0. The van der Waals surface area contributed by atoms with Gasteiger partial charge in [-0.1, -0.05) is 145 Å². The molecule has 0 saturated carbocycles. The summed E-state index contributed by atoms with van der Waals surface area (Å²) in [4.78, 5) is 0. The standard InChI is InChI=1S/C49H46O/c1-9-15-39-33(29(3)4)24-25-40-34-23-21-32(28-43(34)49(7,8)47(39)40)46-37-19-13-11-17-35(37)45(36-18-12-14-20-38(36)46)31-22-26-44-42(27-31)41(16-10-2)48(50-44)30(5)6/h9-30H,1-8H3/b15-9-,16-10-. The fourth-order valence-corrected chi connectivity index (χ4v) is 8.78. The van der Waals surface area contributed by atoms with Gasteiger partial charge in [-0.25, -0.2) is 0 Å². The molecule has 0 amide bonds. The molecule has 1 heteroatoms. The van der Waals surface area contributed by atoms with Crippen LogP contribution in [0.5, 0.6) is 0 Å². The van der Waals surface area contributed by atoms with E-state index in [0.717, 1.165) is 11.3 Å². The van der Waals surface area contributed by atoms with Gasteiger partial charge in [0.05, 0.1) is 0 Å². The van der Waals surface area contributed by atoms with Crippen LogP contribution in [0.3, 0.4) is 0 Å². The average Bonchev–Trinajstić information content (AvgIpc) is 3.58. The van der Waals surface area contributed by atoms with Crippen LogP contribution in [-0.2, 0) is 5.41 Å². The van der Waals surface area contributed by atoms with Crippen LogP contribution < -0.4 is 0 Å². The fraction of sp³-hybridized carbons (Fsp3) is 0.224. The lowest BCUT2D eigenvalue weighted by Crippen LogP contribution is -2.17. The lowest BCUT2D eigenvalue weighted by molar-refractivity contribution is 0.520. The van der Waals surface area contributed by atoms with Crippen molar-refractivity contribution in [3.63, 3.8) is 0 Å². The number of hydrogen-bond acceptors (Lipinski definition) is 1. The van der Waals surface area contributed by atoms with E-state index in [9.17, 15) is 0 Å². The third kappa shape index (κ3) is 4.74. The topological polar surface area (TPSA) is 13.1 Å². The molecule has 0 aliphatic heterocycles. The maximum atomic E-state index is 6.42. The molecule has 0 spiro atoms. The van der Waals surface area contributed by atoms with Crippen LogP contribution in [0.25, 0.3) is 78.0 Å². The summed E-state index contributed by atoms with van der Waals surface area (Å²) in [5, 5.41) is 6.24. The number of rotatable bonds is 6. The summed E-state index contributed by atoms with van der Waals surface area (Å²) in [6, 6.07) is 36.7. The second-order valence-corrected chi connectivity index (χ2v) is 15.1. The molecule has 1 heterocycles. The van der Waals surface area contributed by atoms with E-state index in [1.807, 2.05) is 0 Å². The Bertz CT molecular complexity index is 2470. The van der Waals surface area contributed by atoms with Gasteiger partial charge in [-0.3, -0.25) is 0 Å². The first-order valence-electron chi connectivity index (χ1n) is 18.2. The summed E-state index contributed by atoms with van der Waals surface area (Å²) in [5.74, 6) is 1.80. The number of furan rings is 1. The molecule has 50 heavy (non-hydrogen) atoms. The van der Waals surface area contributed by atoms with E-state index in [4.69, 9.17) is 4.42 Å². The predicted molar refractivity (Wildman–Crippen MR) is 217 cm³/mol. The molecule has 0 N–H and O–H groups in total. The van der Waals surface area contributed by atoms with Gasteiger partial charge in [0.2, 0.25) is 0 Å². The molecule has 0 atom stereocenters. The fourth-order valence-electron chi connectivity index (χ4n) is 8.78. The largest absolute Gasteiger partial charge is 0.460 e. The van der Waals surface area contributed by atoms with Crippen LogP contribution in [0.1, 0.15) is 101 Å². The number of hydrogen-bond donors (Lipinski definition) is 0. The van der Waals surface area contributed by atoms with Crippen LogP contribution in [0, 0.1) is 0 Å². The molecule has 248 valence electrons. The van der Waals surface area contributed by atoms with E-state index in [-0.39, 0.29) is 5.41 Å². The summed E-state index contributed by atoms with van der Waals surface area (Å²) in [6.45, 7) is 18.1. The van der Waals surface area contributed by atoms with E-state index in [1.54, 1.807) is 0 Å². The maximum absolute atomic E-state index is 6.42. The molecule has 6 aromatic carbocycles. The third-order valence-corrected chi connectivity index (χ3v) is 11.0. The zero-order valence-electron chi connectivity index (χ0n) is 30.6. The van der Waals surface area contributed by atoms with Crippen molar-refractivity contribution in [3.8, 4) is 33.4 Å². The minimum Gasteiger partial charge on any atom is -0.460 e. The van der Waals surface area contributed by atoms with Gasteiger partial charge in [0.15, 0.2) is 0 Å². The SMILES string of the molecule is C/C=C\c1c(C(C)C)ccc2c1C(C)(C)c1cc(-c3c4ccccc4c(-c4ccc5oc(C(C)C)c(/C=C\C)c5c4)c4ccccc34)ccc1-2. The molecule has 8 rings (SSSR count). The molecular formula is C49H46O. The van der Waals surface area contributed by atoms with Crippen molar-refractivity contribution >= 4 is 44.7 Å². The van der Waals surface area contributed by atoms with Gasteiger partial charge in [0.1, 0.15) is 11.3 Å². The molecule has 0 fully saturated rings. The summed E-state index contributed by atoms with van der Waals surface area (Å²) in [5.41, 5.74) is 15.4. The molecule has 7 aromatic rings. The molecular weight excluding hydrogens is 605 g/mol. The van der Waals surface area contributed by atoms with Crippen LogP contribution in [0.4, 0.5) is 0 Å². The second-order valence-electron chi connectivity index (χ2n) is 15.1. The van der Waals surface area contributed by atoms with Gasteiger partial charge in [0.25, 0.3) is 0 Å². The molecule has 0 saturated heterocycles. The van der Waals surface area contributed by atoms with Crippen molar-refractivity contribution in [2.75, 3.05) is 0 Å². The highest BCUT2D eigenvalue weighted by molar-refractivity contribution is 6.22. The normalized spacial score (nSPS) is 14.0. The smallest absolute Gasteiger partial charge is 0.134 e. The Hall–Kier alpha value is -5.14. The highest BCUT2D eigenvalue weighted by Crippen LogP contribution is 2.53. The lowest BCUT2D eigenvalue weighted by Gasteiger charge is -2.26. The zero-order valence-corrected chi connectivity index (χ0v) is 30.6. The molecule has 1 aromatic heterocycles. The quantitative estimate of drug-likeness (QED) is 0.163. The predicted octanol–water partition coefficient (Wildman–Crippen LogP) is 14.7. The number of fused-ring (bicyclic) bond motifs is 6. The van der Waals surface area contributed by atoms with Crippen LogP contribution in [0.2, 0.25) is 0 Å². The van der Waals surface area contributed by atoms with E-state index in [1.165, 1.54) is 88.1 Å². The van der Waals surface area contributed by atoms with Gasteiger partial charge in [-0.15, -0.1) is 0 Å². The van der Waals surface area contributed by atoms with E-state index in [2.05, 4.69) is 177 Å². The van der Waals surface area contributed by atoms with Gasteiger partial charge in [-0.05, 0) is 115 Å². The summed E-state index contributed by atoms with van der Waals surface area (Å²) < 4.78 is 6.42. The van der Waals surface area contributed by atoms with Crippen molar-refractivity contribution in [1.82, 2.24) is 0 Å². The lowest BCUT2D eigenvalue weighted by atomic mass is 9.77. The van der Waals surface area contributed by atoms with Gasteiger partial charge in [-0.2, -0.15) is 0 Å². The van der Waals surface area contributed by atoms with Crippen LogP contribution >= 0.6 is 0 Å². The van der Waals surface area contributed by atoms with Crippen molar-refractivity contribution in [2.45, 2.75) is 72.6 Å². The van der Waals surface area contributed by atoms with Gasteiger partial charge >= 0.3 is 0 Å². The number of benzene rings is 6. The summed E-state index contributed by atoms with van der Waals surface area (Å²) >= 11 is 0. The summed E-state index contributed by atoms with van der Waals surface area (Å²) in [7, 11) is 0. The Morgan fingerprint density at radius 1 is 0.560 bits per heavy atom. The van der Waals surface area contributed by atoms with Crippen molar-refractivity contribution in [1.29, 1.82) is 0 Å². The van der Waals surface area contributed by atoms with Crippen molar-refractivity contribution < 1.29 is 4.42 Å². The summed E-state index contributed by atoms with van der Waals surface area (Å²) in [6.07, 6.45) is 8.83. The first-order valence-corrected chi connectivity index (χ1v) is 18.2. The van der Waals surface area contributed by atoms with Crippen LogP contribution in [0.15, 0.2) is 114 Å². The minimum atomic E-state index is -0.133. The Labute approximate surface area is 297 Å². The molecule has 1 aliphatic carbocycles. The van der Waals surface area contributed by atoms with E-state index < -0.39 is 0 Å². The van der Waals surface area contributed by atoms with E-state index >= 15 is 0 Å². The molecule has 1 aliphatic rings. The third-order valence-electron chi connectivity index (χ3n) is 11.0. The number of allylic oxidation sites excluding steroid dienone is 2. The first kappa shape index (κ1) is 32.1. The van der Waals surface area contributed by atoms with Crippen LogP contribution in [-0.4, -0.2) is 0 Å². The molecule has 0 radical (unpaired) electrons. The average molecular weight is 651 g/mol. The van der Waals surface area contributed by atoms with E-state index in [0.29, 0.717) is 11.8 Å². The molecule has 0 unspecified atom stereocenters. The maximum Gasteiger partial charge on any atom is 0.134 e. The minimum absolute atomic E-state index is 0.133. The Morgan fingerprint density at radius 3 is 1.66 bits per heavy atom. The Kier molecular flexibility index (Phi) is 7.72. The molecule has 0 bridgehead atoms. The van der Waals surface area contributed by atoms with Crippen molar-refractivity contribution in [2.24, 2.45) is 0 Å². The Morgan fingerprint density at radius 2 is 1.10 bits per heavy atom. The monoisotopic (exact) mass is 650 g/mol. The Balaban J connectivity index is 1.38. The van der Waals surface area contributed by atoms with Gasteiger partial charge in [0, 0.05) is 22.3 Å². The van der Waals surface area contributed by atoms with Gasteiger partial charge < -0.3 is 4.42 Å².